The van der Waals surface area contributed by atoms with Crippen LogP contribution in [0.3, 0.4) is 0 Å². The van der Waals surface area contributed by atoms with E-state index in [1.165, 1.54) is 12.5 Å². The summed E-state index contributed by atoms with van der Waals surface area (Å²) in [6.07, 6.45) is 2.93. The molecule has 3 aromatic rings. The largest absolute Gasteiger partial charge is 0.459 e. The first kappa shape index (κ1) is 24.0. The minimum atomic E-state index is -3.75. The molecule has 2 aromatic heterocycles. The SMILES string of the molecule is COCCN(Cc1cnc(S(=O)(=O)Cc2cccc(Cl)c2)n1C(C)C)C(=O)c1ccco1. The van der Waals surface area contributed by atoms with Crippen molar-refractivity contribution in [1.29, 1.82) is 0 Å². The zero-order valence-electron chi connectivity index (χ0n) is 18.2. The van der Waals surface area contributed by atoms with Crippen LogP contribution in [-0.4, -0.2) is 49.0 Å². The summed E-state index contributed by atoms with van der Waals surface area (Å²) in [5.41, 5.74) is 1.17. The van der Waals surface area contributed by atoms with Gasteiger partial charge in [0, 0.05) is 24.7 Å². The van der Waals surface area contributed by atoms with Gasteiger partial charge in [-0.3, -0.25) is 4.79 Å². The third-order valence-electron chi connectivity index (χ3n) is 4.82. The number of carbonyl (C=O) groups excluding carboxylic acids is 1. The number of furan rings is 1. The van der Waals surface area contributed by atoms with E-state index >= 15 is 0 Å². The highest BCUT2D eigenvalue weighted by Crippen LogP contribution is 2.24. The summed E-state index contributed by atoms with van der Waals surface area (Å²) in [6.45, 7) is 4.53. The van der Waals surface area contributed by atoms with Gasteiger partial charge in [0.25, 0.3) is 5.91 Å². The Hall–Kier alpha value is -2.62. The molecule has 0 spiro atoms. The van der Waals surface area contributed by atoms with E-state index in [1.807, 2.05) is 13.8 Å². The van der Waals surface area contributed by atoms with E-state index in [4.69, 9.17) is 20.8 Å². The van der Waals surface area contributed by atoms with E-state index < -0.39 is 9.84 Å². The topological polar surface area (TPSA) is 94.6 Å². The highest BCUT2D eigenvalue weighted by Gasteiger charge is 2.27. The average Bonchev–Trinajstić information content (AvgIpc) is 3.40. The van der Waals surface area contributed by atoms with Gasteiger partial charge in [-0.2, -0.15) is 0 Å². The van der Waals surface area contributed by atoms with Crippen LogP contribution >= 0.6 is 11.6 Å². The third kappa shape index (κ3) is 5.59. The maximum absolute atomic E-state index is 13.2. The van der Waals surface area contributed by atoms with E-state index in [2.05, 4.69) is 4.98 Å². The highest BCUT2D eigenvalue weighted by atomic mass is 35.5. The highest BCUT2D eigenvalue weighted by molar-refractivity contribution is 7.90. The number of amides is 1. The van der Waals surface area contributed by atoms with Crippen LogP contribution in [0.25, 0.3) is 0 Å². The van der Waals surface area contributed by atoms with Crippen molar-refractivity contribution in [3.63, 3.8) is 0 Å². The second kappa shape index (κ2) is 10.3. The van der Waals surface area contributed by atoms with Crippen LogP contribution < -0.4 is 0 Å². The first-order valence-electron chi connectivity index (χ1n) is 10.1. The standard InChI is InChI=1S/C22H26ClN3O5S/c1-16(2)26-19(14-25(9-11-30-3)21(27)20-8-5-10-31-20)13-24-22(26)32(28,29)15-17-6-4-7-18(23)12-17/h4-8,10,12-13,16H,9,11,14-15H2,1-3H3. The number of benzene rings is 1. The fourth-order valence-electron chi connectivity index (χ4n) is 3.39. The molecule has 0 saturated carbocycles. The van der Waals surface area contributed by atoms with Crippen LogP contribution in [0.5, 0.6) is 0 Å². The van der Waals surface area contributed by atoms with Crippen LogP contribution in [-0.2, 0) is 26.9 Å². The number of hydrogen-bond donors (Lipinski definition) is 0. The second-order valence-electron chi connectivity index (χ2n) is 7.58. The van der Waals surface area contributed by atoms with E-state index in [0.29, 0.717) is 29.4 Å². The monoisotopic (exact) mass is 479 g/mol. The van der Waals surface area contributed by atoms with Gasteiger partial charge in [0.1, 0.15) is 0 Å². The number of carbonyl (C=O) groups is 1. The van der Waals surface area contributed by atoms with Crippen molar-refractivity contribution < 1.29 is 22.4 Å². The summed E-state index contributed by atoms with van der Waals surface area (Å²) in [4.78, 5) is 18.7. The van der Waals surface area contributed by atoms with Gasteiger partial charge in [-0.1, -0.05) is 23.7 Å². The Morgan fingerprint density at radius 2 is 2.06 bits per heavy atom. The number of imidazole rings is 1. The number of nitrogens with zero attached hydrogens (tertiary/aromatic N) is 3. The van der Waals surface area contributed by atoms with Gasteiger partial charge in [0.2, 0.25) is 15.0 Å². The zero-order chi connectivity index (χ0) is 23.3. The van der Waals surface area contributed by atoms with E-state index in [0.717, 1.165) is 0 Å². The van der Waals surface area contributed by atoms with Gasteiger partial charge >= 0.3 is 0 Å². The van der Waals surface area contributed by atoms with Crippen LogP contribution in [0.4, 0.5) is 0 Å². The Morgan fingerprint density at radius 3 is 2.69 bits per heavy atom. The van der Waals surface area contributed by atoms with Crippen LogP contribution in [0.1, 0.15) is 41.7 Å². The Morgan fingerprint density at radius 1 is 1.28 bits per heavy atom. The lowest BCUT2D eigenvalue weighted by molar-refractivity contribution is 0.0643. The number of hydrogen-bond acceptors (Lipinski definition) is 6. The predicted molar refractivity (Wildman–Crippen MR) is 120 cm³/mol. The van der Waals surface area contributed by atoms with E-state index in [-0.39, 0.29) is 35.2 Å². The molecule has 0 aliphatic rings. The number of ether oxygens (including phenoxy) is 1. The van der Waals surface area contributed by atoms with Crippen LogP contribution in [0.15, 0.2) is 58.4 Å². The molecule has 0 aliphatic carbocycles. The maximum atomic E-state index is 13.2. The second-order valence-corrected chi connectivity index (χ2v) is 9.90. The molecule has 0 N–H and O–H groups in total. The van der Waals surface area contributed by atoms with Crippen LogP contribution in [0, 0.1) is 0 Å². The molecule has 0 aliphatic heterocycles. The van der Waals surface area contributed by atoms with E-state index in [1.54, 1.807) is 53.0 Å². The number of halogens is 1. The summed E-state index contributed by atoms with van der Waals surface area (Å²) < 4.78 is 38.4. The molecule has 0 unspecified atom stereocenters. The summed E-state index contributed by atoms with van der Waals surface area (Å²) >= 11 is 6.01. The summed E-state index contributed by atoms with van der Waals surface area (Å²) in [6, 6.07) is 9.76. The fourth-order valence-corrected chi connectivity index (χ4v) is 5.19. The van der Waals surface area contributed by atoms with Crippen molar-refractivity contribution >= 4 is 27.3 Å². The first-order valence-corrected chi connectivity index (χ1v) is 12.1. The predicted octanol–water partition coefficient (Wildman–Crippen LogP) is 3.97. The summed E-state index contributed by atoms with van der Waals surface area (Å²) in [7, 11) is -2.20. The van der Waals surface area contributed by atoms with Crippen molar-refractivity contribution in [2.45, 2.75) is 37.3 Å². The molecule has 8 nitrogen and oxygen atoms in total. The van der Waals surface area contributed by atoms with Crippen molar-refractivity contribution in [2.75, 3.05) is 20.3 Å². The molecule has 0 saturated heterocycles. The summed E-state index contributed by atoms with van der Waals surface area (Å²) in [5, 5.41) is 0.426. The number of aromatic nitrogens is 2. The molecule has 0 radical (unpaired) electrons. The minimum absolute atomic E-state index is 0.0420. The van der Waals surface area contributed by atoms with Gasteiger partial charge in [-0.25, -0.2) is 13.4 Å². The number of methoxy groups -OCH3 is 1. The Balaban J connectivity index is 1.92. The molecule has 172 valence electrons. The lowest BCUT2D eigenvalue weighted by Gasteiger charge is -2.23. The molecular formula is C22H26ClN3O5S. The molecule has 0 bridgehead atoms. The quantitative estimate of drug-likeness (QED) is 0.436. The van der Waals surface area contributed by atoms with Crippen molar-refractivity contribution in [3.8, 4) is 0 Å². The maximum Gasteiger partial charge on any atom is 0.289 e. The van der Waals surface area contributed by atoms with Gasteiger partial charge in [0.05, 0.1) is 37.1 Å². The van der Waals surface area contributed by atoms with Gasteiger partial charge in [0.15, 0.2) is 5.76 Å². The fraction of sp³-hybridized carbons (Fsp3) is 0.364. The number of rotatable bonds is 10. The molecule has 32 heavy (non-hydrogen) atoms. The van der Waals surface area contributed by atoms with E-state index in [9.17, 15) is 13.2 Å². The molecular weight excluding hydrogens is 454 g/mol. The zero-order valence-corrected chi connectivity index (χ0v) is 19.8. The molecule has 0 atom stereocenters. The Kier molecular flexibility index (Phi) is 7.76. The van der Waals surface area contributed by atoms with Crippen molar-refractivity contribution in [1.82, 2.24) is 14.5 Å². The summed E-state index contributed by atoms with van der Waals surface area (Å²) in [5.74, 6) is -0.340. The van der Waals surface area contributed by atoms with Crippen molar-refractivity contribution in [2.24, 2.45) is 0 Å². The Bertz CT molecular complexity index is 1160. The van der Waals surface area contributed by atoms with Gasteiger partial charge in [-0.15, -0.1) is 0 Å². The molecule has 3 rings (SSSR count). The lowest BCUT2D eigenvalue weighted by atomic mass is 10.2. The smallest absolute Gasteiger partial charge is 0.289 e. The lowest BCUT2D eigenvalue weighted by Crippen LogP contribution is -2.34. The van der Waals surface area contributed by atoms with Gasteiger partial charge < -0.3 is 18.6 Å². The molecule has 0 fully saturated rings. The first-order chi connectivity index (χ1) is 15.2. The van der Waals surface area contributed by atoms with Crippen molar-refractivity contribution in [3.05, 3.63) is 70.9 Å². The molecule has 10 heteroatoms. The molecule has 1 aromatic carbocycles. The molecule has 2 heterocycles. The Labute approximate surface area is 192 Å². The average molecular weight is 480 g/mol. The van der Waals surface area contributed by atoms with Gasteiger partial charge in [-0.05, 0) is 43.7 Å². The minimum Gasteiger partial charge on any atom is -0.459 e. The number of sulfone groups is 1. The van der Waals surface area contributed by atoms with Crippen LogP contribution in [0.2, 0.25) is 5.02 Å². The normalized spacial score (nSPS) is 11.8. The molecule has 1 amide bonds. The third-order valence-corrected chi connectivity index (χ3v) is 6.62.